The van der Waals surface area contributed by atoms with Crippen molar-refractivity contribution in [2.75, 3.05) is 6.54 Å². The molecule has 1 heterocycles. The lowest BCUT2D eigenvalue weighted by Gasteiger charge is -2.18. The van der Waals surface area contributed by atoms with Crippen molar-refractivity contribution >= 4 is 23.4 Å². The monoisotopic (exact) mass is 331 g/mol. The molecular formula is C16H11ClFN3O2. The van der Waals surface area contributed by atoms with Gasteiger partial charge in [-0.2, -0.15) is 5.11 Å². The van der Waals surface area contributed by atoms with Crippen LogP contribution in [0.15, 0.2) is 52.7 Å². The summed E-state index contributed by atoms with van der Waals surface area (Å²) in [6, 6.07) is 10.4. The fraction of sp³-hybridized carbons (Fsp3) is 0.125. The number of rotatable bonds is 3. The standard InChI is InChI=1S/C16H11ClFN3O2/c17-11-6-3-7-12(18)14(11)16(23)19-8-13-9-4-1-2-5-10(9)15(22)21-20-13/h1-7,13H,8H2,(H,19,23). The number of halogens is 2. The molecule has 1 N–H and O–H groups in total. The summed E-state index contributed by atoms with van der Waals surface area (Å²) in [5.41, 5.74) is 0.907. The largest absolute Gasteiger partial charge is 0.349 e. The normalized spacial score (nSPS) is 16.1. The van der Waals surface area contributed by atoms with Crippen LogP contribution in [0, 0.1) is 5.82 Å². The van der Waals surface area contributed by atoms with Crippen molar-refractivity contribution in [1.29, 1.82) is 0 Å². The van der Waals surface area contributed by atoms with Crippen LogP contribution in [-0.2, 0) is 0 Å². The molecule has 0 radical (unpaired) electrons. The van der Waals surface area contributed by atoms with Crippen molar-refractivity contribution in [2.24, 2.45) is 10.2 Å². The van der Waals surface area contributed by atoms with E-state index >= 15 is 0 Å². The van der Waals surface area contributed by atoms with Crippen molar-refractivity contribution in [2.45, 2.75) is 6.04 Å². The lowest BCUT2D eigenvalue weighted by molar-refractivity contribution is 0.0947. The summed E-state index contributed by atoms with van der Waals surface area (Å²) in [5.74, 6) is -1.76. The van der Waals surface area contributed by atoms with Crippen molar-refractivity contribution in [3.63, 3.8) is 0 Å². The Kier molecular flexibility index (Phi) is 4.16. The van der Waals surface area contributed by atoms with E-state index in [4.69, 9.17) is 11.6 Å². The van der Waals surface area contributed by atoms with E-state index < -0.39 is 23.7 Å². The molecule has 3 rings (SSSR count). The minimum atomic E-state index is -0.698. The summed E-state index contributed by atoms with van der Waals surface area (Å²) >= 11 is 5.86. The lowest BCUT2D eigenvalue weighted by atomic mass is 9.99. The van der Waals surface area contributed by atoms with Gasteiger partial charge in [-0.1, -0.05) is 35.9 Å². The van der Waals surface area contributed by atoms with E-state index in [1.807, 2.05) is 0 Å². The zero-order valence-corrected chi connectivity index (χ0v) is 12.5. The second-order valence-corrected chi connectivity index (χ2v) is 5.34. The summed E-state index contributed by atoms with van der Waals surface area (Å²) in [5, 5.41) is 10.1. The summed E-state index contributed by atoms with van der Waals surface area (Å²) in [7, 11) is 0. The van der Waals surface area contributed by atoms with Crippen molar-refractivity contribution in [1.82, 2.24) is 5.32 Å². The smallest absolute Gasteiger partial charge is 0.295 e. The number of hydrogen-bond donors (Lipinski definition) is 1. The van der Waals surface area contributed by atoms with Gasteiger partial charge in [0.15, 0.2) is 0 Å². The highest BCUT2D eigenvalue weighted by atomic mass is 35.5. The molecule has 0 aliphatic carbocycles. The van der Waals surface area contributed by atoms with Gasteiger partial charge in [0.05, 0.1) is 10.6 Å². The number of nitrogens with one attached hydrogen (secondary N) is 1. The predicted octanol–water partition coefficient (Wildman–Crippen LogP) is 3.56. The van der Waals surface area contributed by atoms with Crippen LogP contribution in [0.5, 0.6) is 0 Å². The second kappa shape index (κ2) is 6.26. The van der Waals surface area contributed by atoms with E-state index in [0.717, 1.165) is 6.07 Å². The molecule has 0 fully saturated rings. The first kappa shape index (κ1) is 15.3. The van der Waals surface area contributed by atoms with Gasteiger partial charge in [0.25, 0.3) is 11.8 Å². The average Bonchev–Trinajstić information content (AvgIpc) is 2.54. The number of fused-ring (bicyclic) bond motifs is 1. The Hall–Kier alpha value is -2.60. The minimum Gasteiger partial charge on any atom is -0.349 e. The number of amides is 2. The molecule has 0 aromatic heterocycles. The molecule has 0 spiro atoms. The second-order valence-electron chi connectivity index (χ2n) is 4.93. The van der Waals surface area contributed by atoms with Crippen LogP contribution in [0.25, 0.3) is 0 Å². The van der Waals surface area contributed by atoms with E-state index in [1.54, 1.807) is 24.3 Å². The maximum atomic E-state index is 13.7. The van der Waals surface area contributed by atoms with E-state index in [9.17, 15) is 14.0 Å². The molecule has 0 saturated heterocycles. The van der Waals surface area contributed by atoms with Gasteiger partial charge in [-0.25, -0.2) is 4.39 Å². The lowest BCUT2D eigenvalue weighted by Crippen LogP contribution is -2.30. The van der Waals surface area contributed by atoms with E-state index in [1.165, 1.54) is 12.1 Å². The Morgan fingerprint density at radius 3 is 2.78 bits per heavy atom. The molecule has 0 saturated carbocycles. The average molecular weight is 332 g/mol. The first-order valence-corrected chi connectivity index (χ1v) is 7.22. The topological polar surface area (TPSA) is 70.9 Å². The SMILES string of the molecule is O=C1N=NC(CNC(=O)c2c(F)cccc2Cl)c2ccccc21. The Labute approximate surface area is 136 Å². The Balaban J connectivity index is 1.78. The van der Waals surface area contributed by atoms with Crippen LogP contribution < -0.4 is 5.32 Å². The van der Waals surface area contributed by atoms with Gasteiger partial charge in [-0.15, -0.1) is 5.11 Å². The van der Waals surface area contributed by atoms with Crippen LogP contribution in [0.1, 0.15) is 32.3 Å². The highest BCUT2D eigenvalue weighted by molar-refractivity contribution is 6.33. The van der Waals surface area contributed by atoms with Gasteiger partial charge in [0.1, 0.15) is 11.9 Å². The number of nitrogens with zero attached hydrogens (tertiary/aromatic N) is 2. The molecule has 7 heteroatoms. The molecule has 0 bridgehead atoms. The fourth-order valence-corrected chi connectivity index (χ4v) is 2.61. The third-order valence-corrected chi connectivity index (χ3v) is 3.80. The number of hydrogen-bond acceptors (Lipinski definition) is 3. The molecule has 116 valence electrons. The molecular weight excluding hydrogens is 321 g/mol. The Bertz CT molecular complexity index is 802. The molecule has 23 heavy (non-hydrogen) atoms. The van der Waals surface area contributed by atoms with Gasteiger partial charge in [0, 0.05) is 12.1 Å². The molecule has 1 aliphatic heterocycles. The van der Waals surface area contributed by atoms with Crippen molar-refractivity contribution in [3.8, 4) is 0 Å². The predicted molar refractivity (Wildman–Crippen MR) is 82.1 cm³/mol. The van der Waals surface area contributed by atoms with Gasteiger partial charge >= 0.3 is 0 Å². The summed E-state index contributed by atoms with van der Waals surface area (Å²) < 4.78 is 13.7. The third-order valence-electron chi connectivity index (χ3n) is 3.48. The van der Waals surface area contributed by atoms with Crippen LogP contribution in [-0.4, -0.2) is 18.4 Å². The Morgan fingerprint density at radius 1 is 1.22 bits per heavy atom. The summed E-state index contributed by atoms with van der Waals surface area (Å²) in [6.07, 6.45) is 0. The Morgan fingerprint density at radius 2 is 2.00 bits per heavy atom. The number of benzene rings is 2. The molecule has 2 aromatic rings. The van der Waals surface area contributed by atoms with Gasteiger partial charge in [0.2, 0.25) is 0 Å². The van der Waals surface area contributed by atoms with Crippen molar-refractivity contribution < 1.29 is 14.0 Å². The summed E-state index contributed by atoms with van der Waals surface area (Å²) in [6.45, 7) is 0.0806. The molecule has 1 unspecified atom stereocenters. The van der Waals surface area contributed by atoms with Gasteiger partial charge in [-0.05, 0) is 23.8 Å². The highest BCUT2D eigenvalue weighted by Gasteiger charge is 2.24. The number of azo groups is 1. The summed E-state index contributed by atoms with van der Waals surface area (Å²) in [4.78, 5) is 23.8. The zero-order valence-electron chi connectivity index (χ0n) is 11.8. The van der Waals surface area contributed by atoms with Crippen LogP contribution in [0.2, 0.25) is 5.02 Å². The van der Waals surface area contributed by atoms with Crippen LogP contribution in [0.4, 0.5) is 4.39 Å². The molecule has 5 nitrogen and oxygen atoms in total. The zero-order chi connectivity index (χ0) is 16.4. The van der Waals surface area contributed by atoms with E-state index in [0.29, 0.717) is 11.1 Å². The highest BCUT2D eigenvalue weighted by Crippen LogP contribution is 2.27. The number of carbonyl (C=O) groups is 2. The molecule has 1 aliphatic rings. The van der Waals surface area contributed by atoms with Crippen LogP contribution in [0.3, 0.4) is 0 Å². The minimum absolute atomic E-state index is 0.0309. The van der Waals surface area contributed by atoms with Crippen LogP contribution >= 0.6 is 11.6 Å². The third kappa shape index (κ3) is 2.98. The maximum Gasteiger partial charge on any atom is 0.295 e. The fourth-order valence-electron chi connectivity index (χ4n) is 2.36. The van der Waals surface area contributed by atoms with Gasteiger partial charge < -0.3 is 5.32 Å². The van der Waals surface area contributed by atoms with E-state index in [-0.39, 0.29) is 17.1 Å². The molecule has 1 atom stereocenters. The molecule has 2 amide bonds. The maximum absolute atomic E-state index is 13.7. The number of carbonyl (C=O) groups excluding carboxylic acids is 2. The van der Waals surface area contributed by atoms with Crippen molar-refractivity contribution in [3.05, 3.63) is 70.0 Å². The van der Waals surface area contributed by atoms with E-state index in [2.05, 4.69) is 15.5 Å². The quantitative estimate of drug-likeness (QED) is 0.934. The molecule has 2 aromatic carbocycles. The first-order valence-electron chi connectivity index (χ1n) is 6.84. The first-order chi connectivity index (χ1) is 11.1. The van der Waals surface area contributed by atoms with Gasteiger partial charge in [-0.3, -0.25) is 9.59 Å².